The monoisotopic (exact) mass is 355 g/mol. The van der Waals surface area contributed by atoms with Crippen molar-refractivity contribution in [3.8, 4) is 0 Å². The van der Waals surface area contributed by atoms with E-state index in [1.54, 1.807) is 48.5 Å². The summed E-state index contributed by atoms with van der Waals surface area (Å²) in [6.07, 6.45) is 0. The van der Waals surface area contributed by atoms with Gasteiger partial charge in [-0.2, -0.15) is 0 Å². The SMILES string of the molecule is COC(=O)c1ccc(/C(N)=N/O)cc1.[C-]#[N+]c1ccc(C(=O)OC)cc1. The maximum atomic E-state index is 11.0. The average molecular weight is 355 g/mol. The van der Waals surface area contributed by atoms with Crippen LogP contribution in [-0.2, 0) is 9.47 Å². The minimum atomic E-state index is -0.420. The molecule has 8 nitrogen and oxygen atoms in total. The molecule has 0 aromatic heterocycles. The van der Waals surface area contributed by atoms with Crippen molar-refractivity contribution in [2.45, 2.75) is 0 Å². The Balaban J connectivity index is 0.000000263. The van der Waals surface area contributed by atoms with Gasteiger partial charge in [0.15, 0.2) is 11.5 Å². The molecule has 134 valence electrons. The van der Waals surface area contributed by atoms with Gasteiger partial charge in [0, 0.05) is 5.56 Å². The Morgan fingerprint density at radius 3 is 1.65 bits per heavy atom. The number of carbonyl (C=O) groups excluding carboxylic acids is 2. The van der Waals surface area contributed by atoms with Crippen molar-refractivity contribution in [3.05, 3.63) is 76.6 Å². The van der Waals surface area contributed by atoms with Crippen LogP contribution in [0.15, 0.2) is 53.7 Å². The van der Waals surface area contributed by atoms with E-state index in [1.807, 2.05) is 0 Å². The molecule has 0 bridgehead atoms. The van der Waals surface area contributed by atoms with Gasteiger partial charge in [0.05, 0.1) is 31.9 Å². The molecular formula is C18H17N3O5. The van der Waals surface area contributed by atoms with Crippen molar-refractivity contribution < 1.29 is 24.3 Å². The molecule has 2 rings (SSSR count). The van der Waals surface area contributed by atoms with Gasteiger partial charge in [-0.15, -0.1) is 0 Å². The number of nitrogens with zero attached hydrogens (tertiary/aromatic N) is 2. The number of carbonyl (C=O) groups is 2. The number of oxime groups is 1. The van der Waals surface area contributed by atoms with Gasteiger partial charge < -0.3 is 20.4 Å². The van der Waals surface area contributed by atoms with Crippen molar-refractivity contribution in [2.75, 3.05) is 14.2 Å². The fourth-order valence-corrected chi connectivity index (χ4v) is 1.74. The van der Waals surface area contributed by atoms with Crippen LogP contribution in [0.2, 0.25) is 0 Å². The highest BCUT2D eigenvalue weighted by molar-refractivity contribution is 5.98. The van der Waals surface area contributed by atoms with E-state index in [4.69, 9.17) is 17.5 Å². The number of rotatable bonds is 3. The van der Waals surface area contributed by atoms with E-state index in [1.165, 1.54) is 14.2 Å². The standard InChI is InChI=1S/C9H10N2O3.C9H7NO2/c1-14-9(12)7-4-2-6(3-5-7)8(10)11-13;1-10-8-5-3-7(4-6-8)9(11)12-2/h2-5,13H,1H3,(H2,10,11);3-6H,2H3. The number of hydrogen-bond donors (Lipinski definition) is 2. The van der Waals surface area contributed by atoms with Crippen molar-refractivity contribution in [3.63, 3.8) is 0 Å². The van der Waals surface area contributed by atoms with E-state index in [9.17, 15) is 9.59 Å². The highest BCUT2D eigenvalue weighted by Gasteiger charge is 2.05. The van der Waals surface area contributed by atoms with Crippen LogP contribution in [0.1, 0.15) is 26.3 Å². The number of ether oxygens (including phenoxy) is 2. The van der Waals surface area contributed by atoms with Crippen LogP contribution in [0.25, 0.3) is 4.85 Å². The molecule has 3 N–H and O–H groups in total. The van der Waals surface area contributed by atoms with Gasteiger partial charge in [0.25, 0.3) is 0 Å². The molecule has 0 radical (unpaired) electrons. The van der Waals surface area contributed by atoms with E-state index in [0.717, 1.165) is 0 Å². The lowest BCUT2D eigenvalue weighted by Crippen LogP contribution is -2.13. The predicted octanol–water partition coefficient (Wildman–Crippen LogP) is 2.59. The summed E-state index contributed by atoms with van der Waals surface area (Å²) in [6.45, 7) is 6.68. The van der Waals surface area contributed by atoms with Crippen molar-refractivity contribution in [1.29, 1.82) is 0 Å². The van der Waals surface area contributed by atoms with Crippen molar-refractivity contribution >= 4 is 23.5 Å². The third-order valence-corrected chi connectivity index (χ3v) is 3.13. The van der Waals surface area contributed by atoms with E-state index in [-0.39, 0.29) is 11.8 Å². The third-order valence-electron chi connectivity index (χ3n) is 3.13. The van der Waals surface area contributed by atoms with E-state index in [0.29, 0.717) is 22.4 Å². The lowest BCUT2D eigenvalue weighted by Gasteiger charge is -2.00. The Labute approximate surface area is 150 Å². The normalized spacial score (nSPS) is 9.96. The molecular weight excluding hydrogens is 338 g/mol. The summed E-state index contributed by atoms with van der Waals surface area (Å²) in [7, 11) is 2.63. The quantitative estimate of drug-likeness (QED) is 0.218. The third kappa shape index (κ3) is 5.65. The van der Waals surface area contributed by atoms with Gasteiger partial charge in [-0.05, 0) is 12.1 Å². The molecule has 0 aliphatic carbocycles. The van der Waals surface area contributed by atoms with Crippen LogP contribution >= 0.6 is 0 Å². The second-order valence-corrected chi connectivity index (χ2v) is 4.70. The summed E-state index contributed by atoms with van der Waals surface area (Å²) in [4.78, 5) is 25.1. The molecule has 26 heavy (non-hydrogen) atoms. The minimum Gasteiger partial charge on any atom is -0.465 e. The highest BCUT2D eigenvalue weighted by atomic mass is 16.5. The fraction of sp³-hybridized carbons (Fsp3) is 0.111. The van der Waals surface area contributed by atoms with Gasteiger partial charge in [0.2, 0.25) is 0 Å². The molecule has 0 amide bonds. The zero-order chi connectivity index (χ0) is 19.5. The Hall–Kier alpha value is -3.86. The van der Waals surface area contributed by atoms with Crippen LogP contribution < -0.4 is 5.73 Å². The van der Waals surface area contributed by atoms with Crippen LogP contribution in [0.5, 0.6) is 0 Å². The number of hydrogen-bond acceptors (Lipinski definition) is 6. The molecule has 2 aromatic rings. The highest BCUT2D eigenvalue weighted by Crippen LogP contribution is 2.12. The van der Waals surface area contributed by atoms with Gasteiger partial charge in [0.1, 0.15) is 0 Å². The Kier molecular flexibility index (Phi) is 7.84. The molecule has 0 aliphatic rings. The maximum Gasteiger partial charge on any atom is 0.337 e. The first kappa shape index (κ1) is 20.2. The molecule has 0 spiro atoms. The van der Waals surface area contributed by atoms with Crippen LogP contribution in [-0.4, -0.2) is 37.2 Å². The number of amidine groups is 1. The molecule has 0 saturated heterocycles. The molecule has 0 heterocycles. The first-order valence-electron chi connectivity index (χ1n) is 7.19. The summed E-state index contributed by atoms with van der Waals surface area (Å²) >= 11 is 0. The molecule has 0 unspecified atom stereocenters. The molecule has 0 atom stereocenters. The minimum absolute atomic E-state index is 0.00131. The van der Waals surface area contributed by atoms with Gasteiger partial charge in [-0.25, -0.2) is 14.4 Å². The predicted molar refractivity (Wildman–Crippen MR) is 94.3 cm³/mol. The Bertz CT molecular complexity index is 821. The summed E-state index contributed by atoms with van der Waals surface area (Å²) in [5.74, 6) is -0.802. The molecule has 0 aliphatic heterocycles. The molecule has 0 fully saturated rings. The largest absolute Gasteiger partial charge is 0.465 e. The lowest BCUT2D eigenvalue weighted by atomic mass is 10.1. The van der Waals surface area contributed by atoms with Crippen LogP contribution in [0, 0.1) is 6.57 Å². The second-order valence-electron chi connectivity index (χ2n) is 4.70. The average Bonchev–Trinajstić information content (AvgIpc) is 2.72. The molecule has 8 heteroatoms. The number of esters is 2. The number of nitrogens with two attached hydrogens (primary N) is 1. The van der Waals surface area contributed by atoms with Crippen molar-refractivity contribution in [2.24, 2.45) is 10.9 Å². The fourth-order valence-electron chi connectivity index (χ4n) is 1.74. The van der Waals surface area contributed by atoms with E-state index >= 15 is 0 Å². The number of benzene rings is 2. The number of methoxy groups -OCH3 is 2. The summed E-state index contributed by atoms with van der Waals surface area (Å²) in [5.41, 5.74) is 7.28. The lowest BCUT2D eigenvalue weighted by molar-refractivity contribution is 0.0592. The zero-order valence-electron chi connectivity index (χ0n) is 14.2. The van der Waals surface area contributed by atoms with Gasteiger partial charge >= 0.3 is 11.9 Å². The topological polar surface area (TPSA) is 116 Å². The Morgan fingerprint density at radius 1 is 0.923 bits per heavy atom. The van der Waals surface area contributed by atoms with Crippen LogP contribution in [0.4, 0.5) is 5.69 Å². The smallest absolute Gasteiger partial charge is 0.337 e. The van der Waals surface area contributed by atoms with Crippen molar-refractivity contribution in [1.82, 2.24) is 0 Å². The van der Waals surface area contributed by atoms with Gasteiger partial charge in [-0.3, -0.25) is 0 Å². The second kappa shape index (κ2) is 10.1. The first-order chi connectivity index (χ1) is 12.5. The van der Waals surface area contributed by atoms with Gasteiger partial charge in [-0.1, -0.05) is 41.6 Å². The molecule has 0 saturated carbocycles. The van der Waals surface area contributed by atoms with Crippen LogP contribution in [0.3, 0.4) is 0 Å². The first-order valence-corrected chi connectivity index (χ1v) is 7.19. The van der Waals surface area contributed by atoms with E-state index < -0.39 is 5.97 Å². The maximum absolute atomic E-state index is 11.0. The summed E-state index contributed by atoms with van der Waals surface area (Å²) < 4.78 is 9.01. The Morgan fingerprint density at radius 2 is 1.31 bits per heavy atom. The summed E-state index contributed by atoms with van der Waals surface area (Å²) in [5, 5.41) is 11.2. The summed E-state index contributed by atoms with van der Waals surface area (Å²) in [6, 6.07) is 12.5. The molecule has 2 aromatic carbocycles. The zero-order valence-corrected chi connectivity index (χ0v) is 14.2. The van der Waals surface area contributed by atoms with E-state index in [2.05, 4.69) is 19.5 Å².